The SMILES string of the molecule is CCOc1ccc(CC(C(=O)O)c2cccc(C)c2)cc1. The van der Waals surface area contributed by atoms with E-state index in [2.05, 4.69) is 0 Å². The van der Waals surface area contributed by atoms with Crippen LogP contribution in [0.2, 0.25) is 0 Å². The monoisotopic (exact) mass is 284 g/mol. The summed E-state index contributed by atoms with van der Waals surface area (Å²) in [5.41, 5.74) is 2.91. The second-order valence-electron chi connectivity index (χ2n) is 5.09. The zero-order valence-corrected chi connectivity index (χ0v) is 12.4. The number of rotatable bonds is 6. The quantitative estimate of drug-likeness (QED) is 0.877. The van der Waals surface area contributed by atoms with Crippen LogP contribution in [0.25, 0.3) is 0 Å². The maximum atomic E-state index is 11.6. The highest BCUT2D eigenvalue weighted by Gasteiger charge is 2.20. The molecule has 0 aliphatic rings. The number of carbonyl (C=O) groups is 1. The number of aliphatic carboxylic acids is 1. The van der Waals surface area contributed by atoms with Gasteiger partial charge in [0.15, 0.2) is 0 Å². The van der Waals surface area contributed by atoms with E-state index in [4.69, 9.17) is 4.74 Å². The van der Waals surface area contributed by atoms with E-state index in [1.807, 2.05) is 62.4 Å². The second kappa shape index (κ2) is 6.93. The molecule has 1 unspecified atom stereocenters. The fourth-order valence-electron chi connectivity index (χ4n) is 2.36. The number of carboxylic acids is 1. The molecule has 3 heteroatoms. The van der Waals surface area contributed by atoms with Crippen molar-refractivity contribution in [3.63, 3.8) is 0 Å². The van der Waals surface area contributed by atoms with Crippen LogP contribution in [0.3, 0.4) is 0 Å². The van der Waals surface area contributed by atoms with Crippen molar-refractivity contribution in [2.75, 3.05) is 6.61 Å². The normalized spacial score (nSPS) is 11.9. The molecule has 1 atom stereocenters. The van der Waals surface area contributed by atoms with Gasteiger partial charge in [-0.25, -0.2) is 0 Å². The first-order valence-corrected chi connectivity index (χ1v) is 7.11. The van der Waals surface area contributed by atoms with Crippen molar-refractivity contribution in [1.82, 2.24) is 0 Å². The lowest BCUT2D eigenvalue weighted by Crippen LogP contribution is -2.14. The Morgan fingerprint density at radius 2 is 1.90 bits per heavy atom. The average Bonchev–Trinajstić information content (AvgIpc) is 2.46. The molecule has 0 bridgehead atoms. The number of benzene rings is 2. The summed E-state index contributed by atoms with van der Waals surface area (Å²) in [4.78, 5) is 11.6. The van der Waals surface area contributed by atoms with E-state index in [0.717, 1.165) is 22.4 Å². The highest BCUT2D eigenvalue weighted by molar-refractivity contribution is 5.76. The highest BCUT2D eigenvalue weighted by atomic mass is 16.5. The molecule has 110 valence electrons. The molecule has 0 aliphatic heterocycles. The van der Waals surface area contributed by atoms with Gasteiger partial charge in [-0.05, 0) is 43.5 Å². The first-order valence-electron chi connectivity index (χ1n) is 7.11. The molecule has 2 rings (SSSR count). The first-order chi connectivity index (χ1) is 10.1. The second-order valence-corrected chi connectivity index (χ2v) is 5.09. The van der Waals surface area contributed by atoms with E-state index >= 15 is 0 Å². The molecule has 1 N–H and O–H groups in total. The van der Waals surface area contributed by atoms with E-state index in [1.165, 1.54) is 0 Å². The summed E-state index contributed by atoms with van der Waals surface area (Å²) in [6, 6.07) is 15.3. The molecule has 0 fully saturated rings. The van der Waals surface area contributed by atoms with Gasteiger partial charge >= 0.3 is 5.97 Å². The Balaban J connectivity index is 2.18. The van der Waals surface area contributed by atoms with Crippen LogP contribution in [0.4, 0.5) is 0 Å². The van der Waals surface area contributed by atoms with Gasteiger partial charge in [0.2, 0.25) is 0 Å². The van der Waals surface area contributed by atoms with Crippen LogP contribution in [0.1, 0.15) is 29.5 Å². The molecular weight excluding hydrogens is 264 g/mol. The topological polar surface area (TPSA) is 46.5 Å². The minimum absolute atomic E-state index is 0.477. The molecular formula is C18H20O3. The van der Waals surface area contributed by atoms with Crippen molar-refractivity contribution in [2.45, 2.75) is 26.2 Å². The molecule has 21 heavy (non-hydrogen) atoms. The Labute approximate surface area is 125 Å². The molecule has 0 saturated heterocycles. The Bertz CT molecular complexity index is 602. The van der Waals surface area contributed by atoms with Crippen LogP contribution in [-0.2, 0) is 11.2 Å². The van der Waals surface area contributed by atoms with Crippen molar-refractivity contribution in [3.05, 3.63) is 65.2 Å². The molecule has 0 aliphatic carbocycles. The Morgan fingerprint density at radius 1 is 1.19 bits per heavy atom. The summed E-state index contributed by atoms with van der Waals surface area (Å²) in [7, 11) is 0. The molecule has 0 radical (unpaired) electrons. The van der Waals surface area contributed by atoms with Gasteiger partial charge in [-0.1, -0.05) is 42.0 Å². The summed E-state index contributed by atoms with van der Waals surface area (Å²) in [6.07, 6.45) is 0.477. The van der Waals surface area contributed by atoms with Gasteiger partial charge in [-0.2, -0.15) is 0 Å². The zero-order chi connectivity index (χ0) is 15.2. The van der Waals surface area contributed by atoms with Gasteiger partial charge in [0.05, 0.1) is 12.5 Å². The van der Waals surface area contributed by atoms with Crippen LogP contribution < -0.4 is 4.74 Å². The summed E-state index contributed by atoms with van der Waals surface area (Å²) < 4.78 is 5.40. The number of carboxylic acid groups (broad SMARTS) is 1. The maximum absolute atomic E-state index is 11.6. The fourth-order valence-corrected chi connectivity index (χ4v) is 2.36. The lowest BCUT2D eigenvalue weighted by atomic mass is 9.91. The first kappa shape index (κ1) is 15.1. The molecule has 0 aromatic heterocycles. The van der Waals surface area contributed by atoms with Crippen LogP contribution >= 0.6 is 0 Å². The standard InChI is InChI=1S/C18H20O3/c1-3-21-16-9-7-14(8-10-16)12-17(18(19)20)15-6-4-5-13(2)11-15/h4-11,17H,3,12H2,1-2H3,(H,19,20). The maximum Gasteiger partial charge on any atom is 0.311 e. The van der Waals surface area contributed by atoms with E-state index in [9.17, 15) is 9.90 Å². The predicted octanol–water partition coefficient (Wildman–Crippen LogP) is 3.80. The molecule has 0 spiro atoms. The third-order valence-corrected chi connectivity index (χ3v) is 3.42. The largest absolute Gasteiger partial charge is 0.494 e. The Kier molecular flexibility index (Phi) is 4.99. The van der Waals surface area contributed by atoms with E-state index < -0.39 is 11.9 Å². The number of aryl methyl sites for hydroxylation is 1. The smallest absolute Gasteiger partial charge is 0.311 e. The number of ether oxygens (including phenoxy) is 1. The number of hydrogen-bond donors (Lipinski definition) is 1. The van der Waals surface area contributed by atoms with Gasteiger partial charge in [-0.15, -0.1) is 0 Å². The third-order valence-electron chi connectivity index (χ3n) is 3.42. The molecule has 0 saturated carbocycles. The van der Waals surface area contributed by atoms with Crippen LogP contribution in [0.5, 0.6) is 5.75 Å². The van der Waals surface area contributed by atoms with Crippen LogP contribution in [0.15, 0.2) is 48.5 Å². The lowest BCUT2D eigenvalue weighted by Gasteiger charge is -2.14. The third kappa shape index (κ3) is 4.09. The zero-order valence-electron chi connectivity index (χ0n) is 12.4. The Hall–Kier alpha value is -2.29. The molecule has 0 heterocycles. The predicted molar refractivity (Wildman–Crippen MR) is 82.9 cm³/mol. The molecule has 3 nitrogen and oxygen atoms in total. The lowest BCUT2D eigenvalue weighted by molar-refractivity contribution is -0.138. The van der Waals surface area contributed by atoms with Crippen molar-refractivity contribution in [2.24, 2.45) is 0 Å². The van der Waals surface area contributed by atoms with E-state index in [1.54, 1.807) is 0 Å². The molecule has 2 aromatic carbocycles. The highest BCUT2D eigenvalue weighted by Crippen LogP contribution is 2.23. The summed E-state index contributed by atoms with van der Waals surface area (Å²) in [6.45, 7) is 4.53. The van der Waals surface area contributed by atoms with Crippen molar-refractivity contribution in [3.8, 4) is 5.75 Å². The van der Waals surface area contributed by atoms with Crippen molar-refractivity contribution in [1.29, 1.82) is 0 Å². The molecule has 2 aromatic rings. The van der Waals surface area contributed by atoms with Gasteiger partial charge in [-0.3, -0.25) is 4.79 Å². The summed E-state index contributed by atoms with van der Waals surface area (Å²) in [5.74, 6) is -0.513. The summed E-state index contributed by atoms with van der Waals surface area (Å²) in [5, 5.41) is 9.49. The summed E-state index contributed by atoms with van der Waals surface area (Å²) >= 11 is 0. The average molecular weight is 284 g/mol. The van der Waals surface area contributed by atoms with Crippen LogP contribution in [-0.4, -0.2) is 17.7 Å². The van der Waals surface area contributed by atoms with E-state index in [-0.39, 0.29) is 0 Å². The van der Waals surface area contributed by atoms with Gasteiger partial charge in [0.25, 0.3) is 0 Å². The van der Waals surface area contributed by atoms with Crippen molar-refractivity contribution < 1.29 is 14.6 Å². The minimum atomic E-state index is -0.797. The fraction of sp³-hybridized carbons (Fsp3) is 0.278. The van der Waals surface area contributed by atoms with Crippen LogP contribution in [0, 0.1) is 6.92 Å². The van der Waals surface area contributed by atoms with Gasteiger partial charge in [0, 0.05) is 0 Å². The Morgan fingerprint density at radius 3 is 2.48 bits per heavy atom. The van der Waals surface area contributed by atoms with Crippen molar-refractivity contribution >= 4 is 5.97 Å². The van der Waals surface area contributed by atoms with Gasteiger partial charge in [0.1, 0.15) is 5.75 Å². The molecule has 0 amide bonds. The minimum Gasteiger partial charge on any atom is -0.494 e. The van der Waals surface area contributed by atoms with E-state index in [0.29, 0.717) is 13.0 Å². The van der Waals surface area contributed by atoms with Gasteiger partial charge < -0.3 is 9.84 Å². The number of hydrogen-bond acceptors (Lipinski definition) is 2.